The number of nitrogens with zero attached hydrogens (tertiary/aromatic N) is 1. The monoisotopic (exact) mass is 465 g/mol. The summed E-state index contributed by atoms with van der Waals surface area (Å²) in [5, 5.41) is -0.363. The Kier molecular flexibility index (Phi) is 6.41. The second-order valence-electron chi connectivity index (χ2n) is 5.86. The normalized spacial score (nSPS) is 15.4. The van der Waals surface area contributed by atoms with Crippen LogP contribution in [-0.4, -0.2) is 29.8 Å². The Balaban J connectivity index is 1.85. The van der Waals surface area contributed by atoms with Crippen LogP contribution in [0.15, 0.2) is 45.8 Å². The molecule has 1 aliphatic heterocycles. The highest BCUT2D eigenvalue weighted by Gasteiger charge is 2.35. The molecule has 8 heteroatoms. The molecule has 28 heavy (non-hydrogen) atoms. The number of benzene rings is 2. The van der Waals surface area contributed by atoms with Crippen molar-refractivity contribution in [1.29, 1.82) is 0 Å². The molecule has 3 rings (SSSR count). The Morgan fingerprint density at radius 3 is 2.57 bits per heavy atom. The van der Waals surface area contributed by atoms with Gasteiger partial charge in [0.1, 0.15) is 5.82 Å². The van der Waals surface area contributed by atoms with Gasteiger partial charge in [0.05, 0.1) is 29.6 Å². The Morgan fingerprint density at radius 1 is 1.21 bits per heavy atom. The van der Waals surface area contributed by atoms with Gasteiger partial charge in [0.2, 0.25) is 0 Å². The Labute approximate surface area is 174 Å². The number of carbonyl (C=O) groups excluding carboxylic acids is 2. The highest BCUT2D eigenvalue weighted by atomic mass is 79.9. The summed E-state index contributed by atoms with van der Waals surface area (Å²) in [6, 6.07) is 9.24. The molecule has 0 N–H and O–H groups in total. The Bertz CT molecular complexity index is 946. The average molecular weight is 466 g/mol. The van der Waals surface area contributed by atoms with Crippen LogP contribution < -0.4 is 9.47 Å². The van der Waals surface area contributed by atoms with Crippen molar-refractivity contribution in [1.82, 2.24) is 4.90 Å². The van der Waals surface area contributed by atoms with E-state index >= 15 is 0 Å². The molecule has 0 aromatic heterocycles. The number of rotatable bonds is 6. The van der Waals surface area contributed by atoms with Crippen molar-refractivity contribution in [3.8, 4) is 11.5 Å². The molecule has 2 amide bonds. The highest BCUT2D eigenvalue weighted by molar-refractivity contribution is 9.10. The summed E-state index contributed by atoms with van der Waals surface area (Å²) in [5.41, 5.74) is 1.37. The molecule has 2 aromatic rings. The van der Waals surface area contributed by atoms with Gasteiger partial charge in [-0.1, -0.05) is 12.1 Å². The van der Waals surface area contributed by atoms with Crippen LogP contribution in [0.5, 0.6) is 11.5 Å². The van der Waals surface area contributed by atoms with Gasteiger partial charge in [-0.3, -0.25) is 14.5 Å². The fraction of sp³-hybridized carbons (Fsp3) is 0.200. The van der Waals surface area contributed by atoms with E-state index in [-0.39, 0.29) is 23.5 Å². The minimum absolute atomic E-state index is 0.0958. The lowest BCUT2D eigenvalue weighted by Gasteiger charge is -2.13. The summed E-state index contributed by atoms with van der Waals surface area (Å²) in [4.78, 5) is 26.4. The number of methoxy groups -OCH3 is 1. The van der Waals surface area contributed by atoms with Crippen LogP contribution in [0, 0.1) is 5.82 Å². The summed E-state index contributed by atoms with van der Waals surface area (Å²) in [7, 11) is 1.53. The van der Waals surface area contributed by atoms with E-state index in [1.54, 1.807) is 30.3 Å². The van der Waals surface area contributed by atoms with Gasteiger partial charge in [0.15, 0.2) is 11.5 Å². The zero-order valence-corrected chi connectivity index (χ0v) is 17.6. The lowest BCUT2D eigenvalue weighted by Crippen LogP contribution is -2.27. The third-order valence-corrected chi connectivity index (χ3v) is 5.46. The third-order valence-electron chi connectivity index (χ3n) is 3.97. The number of amides is 2. The predicted molar refractivity (Wildman–Crippen MR) is 110 cm³/mol. The van der Waals surface area contributed by atoms with Crippen LogP contribution in [0.3, 0.4) is 0 Å². The molecule has 0 spiro atoms. The minimum atomic E-state index is -0.386. The molecule has 0 bridgehead atoms. The molecule has 0 atom stereocenters. The molecule has 5 nitrogen and oxygen atoms in total. The van der Waals surface area contributed by atoms with Crippen LogP contribution in [0.25, 0.3) is 6.08 Å². The predicted octanol–water partition coefficient (Wildman–Crippen LogP) is 5.23. The number of hydrogen-bond donors (Lipinski definition) is 0. The van der Waals surface area contributed by atoms with Gasteiger partial charge in [0, 0.05) is 0 Å². The SMILES string of the molecule is CCOc1c(Br)cc(C=C2SC(=O)N(Cc3ccc(F)cc3)C2=O)cc1OC. The van der Waals surface area contributed by atoms with E-state index in [4.69, 9.17) is 9.47 Å². The third kappa shape index (κ3) is 4.39. The Morgan fingerprint density at radius 2 is 1.93 bits per heavy atom. The first kappa shape index (κ1) is 20.4. The summed E-state index contributed by atoms with van der Waals surface area (Å²) in [6.45, 7) is 2.45. The van der Waals surface area contributed by atoms with Gasteiger partial charge in [-0.25, -0.2) is 4.39 Å². The topological polar surface area (TPSA) is 55.8 Å². The lowest BCUT2D eigenvalue weighted by molar-refractivity contribution is -0.123. The molecular weight excluding hydrogens is 449 g/mol. The Hall–Kier alpha value is -2.32. The number of halogens is 2. The maximum Gasteiger partial charge on any atom is 0.293 e. The van der Waals surface area contributed by atoms with E-state index in [1.165, 1.54) is 19.2 Å². The molecule has 1 aliphatic rings. The maximum atomic E-state index is 13.0. The summed E-state index contributed by atoms with van der Waals surface area (Å²) >= 11 is 4.31. The standard InChI is InChI=1S/C20H17BrFNO4S/c1-3-27-18-15(21)8-13(9-16(18)26-2)10-17-19(24)23(20(25)28-17)11-12-4-6-14(22)7-5-12/h4-10H,3,11H2,1-2H3. The molecule has 0 saturated carbocycles. The second-order valence-corrected chi connectivity index (χ2v) is 7.71. The number of thioether (sulfide) groups is 1. The number of imide groups is 1. The molecule has 0 radical (unpaired) electrons. The van der Waals surface area contributed by atoms with Crippen molar-refractivity contribution in [2.45, 2.75) is 13.5 Å². The van der Waals surface area contributed by atoms with Crippen molar-refractivity contribution in [2.75, 3.05) is 13.7 Å². The fourth-order valence-electron chi connectivity index (χ4n) is 2.67. The summed E-state index contributed by atoms with van der Waals surface area (Å²) in [5.74, 6) is 0.343. The van der Waals surface area contributed by atoms with E-state index in [9.17, 15) is 14.0 Å². The van der Waals surface area contributed by atoms with Crippen LogP contribution >= 0.6 is 27.7 Å². The van der Waals surface area contributed by atoms with Crippen molar-refractivity contribution in [3.63, 3.8) is 0 Å². The molecule has 0 unspecified atom stereocenters. The van der Waals surface area contributed by atoms with Crippen molar-refractivity contribution >= 4 is 44.9 Å². The van der Waals surface area contributed by atoms with Gasteiger partial charge in [-0.15, -0.1) is 0 Å². The fourth-order valence-corrected chi connectivity index (χ4v) is 4.08. The smallest absolute Gasteiger partial charge is 0.293 e. The van der Waals surface area contributed by atoms with Gasteiger partial charge < -0.3 is 9.47 Å². The van der Waals surface area contributed by atoms with E-state index in [2.05, 4.69) is 15.9 Å². The maximum absolute atomic E-state index is 13.0. The minimum Gasteiger partial charge on any atom is -0.493 e. The number of ether oxygens (including phenoxy) is 2. The van der Waals surface area contributed by atoms with Crippen LogP contribution in [-0.2, 0) is 11.3 Å². The first-order chi connectivity index (χ1) is 13.4. The van der Waals surface area contributed by atoms with Crippen molar-refractivity contribution in [3.05, 3.63) is 62.7 Å². The van der Waals surface area contributed by atoms with Crippen LogP contribution in [0.2, 0.25) is 0 Å². The lowest BCUT2D eigenvalue weighted by atomic mass is 10.1. The second kappa shape index (κ2) is 8.79. The first-order valence-corrected chi connectivity index (χ1v) is 10.0. The van der Waals surface area contributed by atoms with Gasteiger partial charge in [0.25, 0.3) is 11.1 Å². The molecule has 0 aliphatic carbocycles. The summed E-state index contributed by atoms with van der Waals surface area (Å²) < 4.78 is 24.6. The van der Waals surface area contributed by atoms with Crippen LogP contribution in [0.1, 0.15) is 18.1 Å². The average Bonchev–Trinajstić information content (AvgIpc) is 2.92. The van der Waals surface area contributed by atoms with E-state index in [0.717, 1.165) is 16.7 Å². The molecule has 1 saturated heterocycles. The van der Waals surface area contributed by atoms with Crippen LogP contribution in [0.4, 0.5) is 9.18 Å². The van der Waals surface area contributed by atoms with Gasteiger partial charge in [-0.05, 0) is 76.1 Å². The van der Waals surface area contributed by atoms with Gasteiger partial charge >= 0.3 is 0 Å². The number of hydrogen-bond acceptors (Lipinski definition) is 5. The van der Waals surface area contributed by atoms with Crippen molar-refractivity contribution in [2.24, 2.45) is 0 Å². The summed E-state index contributed by atoms with van der Waals surface area (Å²) in [6.07, 6.45) is 1.64. The van der Waals surface area contributed by atoms with Gasteiger partial charge in [-0.2, -0.15) is 0 Å². The zero-order chi connectivity index (χ0) is 20.3. The van der Waals surface area contributed by atoms with E-state index in [0.29, 0.717) is 38.6 Å². The van der Waals surface area contributed by atoms with Crippen molar-refractivity contribution < 1.29 is 23.5 Å². The molecule has 2 aromatic carbocycles. The number of carbonyl (C=O) groups is 2. The van der Waals surface area contributed by atoms with E-state index < -0.39 is 0 Å². The quantitative estimate of drug-likeness (QED) is 0.546. The molecular formula is C20H17BrFNO4S. The molecule has 146 valence electrons. The zero-order valence-electron chi connectivity index (χ0n) is 15.2. The largest absolute Gasteiger partial charge is 0.493 e. The first-order valence-electron chi connectivity index (χ1n) is 8.43. The molecule has 1 fully saturated rings. The molecule has 1 heterocycles. The highest BCUT2D eigenvalue weighted by Crippen LogP contribution is 2.39. The van der Waals surface area contributed by atoms with E-state index in [1.807, 2.05) is 6.92 Å².